The number of nitrogens with two attached hydrogens (primary N) is 1. The maximum Gasteiger partial charge on any atom is 0.312 e. The first-order valence-electron chi connectivity index (χ1n) is 7.39. The number of primary amides is 1. The molecule has 1 aromatic carbocycles. The summed E-state index contributed by atoms with van der Waals surface area (Å²) < 4.78 is 0.793. The minimum absolute atomic E-state index is 0.0679. The Morgan fingerprint density at radius 1 is 1.52 bits per heavy atom. The summed E-state index contributed by atoms with van der Waals surface area (Å²) in [6, 6.07) is 4.31. The molecule has 2 aromatic rings. The number of nitrogens with zero attached hydrogens (tertiary/aromatic N) is 3. The summed E-state index contributed by atoms with van der Waals surface area (Å²) in [4.78, 5) is 28.2. The fourth-order valence-electron chi connectivity index (χ4n) is 2.82. The Balaban J connectivity index is 1.87. The highest BCUT2D eigenvalue weighted by atomic mass is 32.1. The number of non-ortho nitro benzene ring substituents is 1. The molecule has 23 heavy (non-hydrogen) atoms. The van der Waals surface area contributed by atoms with Gasteiger partial charge in [0.2, 0.25) is 0 Å². The second-order valence-electron chi connectivity index (χ2n) is 5.49. The summed E-state index contributed by atoms with van der Waals surface area (Å²) in [6.45, 7) is 1.33. The van der Waals surface area contributed by atoms with Crippen molar-refractivity contribution >= 4 is 38.4 Å². The second kappa shape index (κ2) is 6.37. The van der Waals surface area contributed by atoms with E-state index in [1.165, 1.54) is 17.4 Å². The summed E-state index contributed by atoms with van der Waals surface area (Å²) >= 11 is 1.44. The van der Waals surface area contributed by atoms with Gasteiger partial charge in [0.25, 0.3) is 5.69 Å². The number of carbonyl (C=O) groups excluding carboxylic acids is 1. The van der Waals surface area contributed by atoms with Gasteiger partial charge < -0.3 is 16.0 Å². The van der Waals surface area contributed by atoms with E-state index in [2.05, 4.69) is 15.2 Å². The van der Waals surface area contributed by atoms with E-state index in [9.17, 15) is 14.9 Å². The third-order valence-corrected chi connectivity index (χ3v) is 5.01. The van der Waals surface area contributed by atoms with Gasteiger partial charge in [-0.1, -0.05) is 11.3 Å². The minimum Gasteiger partial charge on any atom is -0.352 e. The molecule has 3 rings (SSSR count). The number of nitro benzene ring substituents is 1. The van der Waals surface area contributed by atoms with Crippen LogP contribution in [0.4, 0.5) is 15.6 Å². The van der Waals surface area contributed by atoms with Crippen molar-refractivity contribution in [3.63, 3.8) is 0 Å². The molecule has 2 heterocycles. The first kappa shape index (κ1) is 15.5. The van der Waals surface area contributed by atoms with E-state index in [4.69, 9.17) is 5.73 Å². The van der Waals surface area contributed by atoms with Crippen molar-refractivity contribution in [3.05, 3.63) is 28.3 Å². The number of anilines is 1. The summed E-state index contributed by atoms with van der Waals surface area (Å²) in [5, 5.41) is 14.4. The standard InChI is InChI=1S/C14H17N5O3S/c15-13(20)16-8-10-3-1-2-6-18(10)14-17-11-5-4-9(19(21)22)7-12(11)23-14/h4-5,7,10H,1-3,6,8H2,(H3,15,16,20)/t10-/m1/s1. The number of hydrogen-bond acceptors (Lipinski definition) is 6. The van der Waals surface area contributed by atoms with E-state index in [0.717, 1.165) is 41.2 Å². The third kappa shape index (κ3) is 3.34. The first-order valence-corrected chi connectivity index (χ1v) is 8.21. The molecule has 0 bridgehead atoms. The van der Waals surface area contributed by atoms with Crippen LogP contribution in [0.2, 0.25) is 0 Å². The van der Waals surface area contributed by atoms with Crippen LogP contribution in [0.25, 0.3) is 10.2 Å². The predicted octanol–water partition coefficient (Wildman–Crippen LogP) is 2.23. The van der Waals surface area contributed by atoms with Crippen LogP contribution in [0.5, 0.6) is 0 Å². The third-order valence-electron chi connectivity index (χ3n) is 3.96. The SMILES string of the molecule is NC(=O)NC[C@H]1CCCCN1c1nc2ccc([N+](=O)[O-])cc2s1. The zero-order valence-corrected chi connectivity index (χ0v) is 13.2. The molecular weight excluding hydrogens is 318 g/mol. The van der Waals surface area contributed by atoms with E-state index in [0.29, 0.717) is 6.54 Å². The lowest BCUT2D eigenvalue weighted by molar-refractivity contribution is -0.384. The molecule has 0 radical (unpaired) electrons. The van der Waals surface area contributed by atoms with Gasteiger partial charge in [-0.2, -0.15) is 0 Å². The Hall–Kier alpha value is -2.42. The maximum absolute atomic E-state index is 10.9. The number of nitro groups is 1. The first-order chi connectivity index (χ1) is 11.0. The summed E-state index contributed by atoms with van der Waals surface area (Å²) in [7, 11) is 0. The molecule has 122 valence electrons. The van der Waals surface area contributed by atoms with Crippen molar-refractivity contribution in [3.8, 4) is 0 Å². The average Bonchev–Trinajstić information content (AvgIpc) is 2.95. The molecule has 8 nitrogen and oxygen atoms in total. The van der Waals surface area contributed by atoms with Gasteiger partial charge in [0, 0.05) is 31.3 Å². The molecule has 1 aromatic heterocycles. The number of benzene rings is 1. The van der Waals surface area contributed by atoms with Gasteiger partial charge in [-0.25, -0.2) is 9.78 Å². The monoisotopic (exact) mass is 335 g/mol. The summed E-state index contributed by atoms with van der Waals surface area (Å²) in [5.41, 5.74) is 5.98. The number of aromatic nitrogens is 1. The number of piperidine rings is 1. The Morgan fingerprint density at radius 3 is 3.09 bits per heavy atom. The normalized spacial score (nSPS) is 18.1. The predicted molar refractivity (Wildman–Crippen MR) is 88.8 cm³/mol. The zero-order valence-electron chi connectivity index (χ0n) is 12.4. The number of nitrogens with one attached hydrogen (secondary N) is 1. The summed E-state index contributed by atoms with van der Waals surface area (Å²) in [5.74, 6) is 0. The van der Waals surface area contributed by atoms with Crippen molar-refractivity contribution in [2.45, 2.75) is 25.3 Å². The van der Waals surface area contributed by atoms with Crippen molar-refractivity contribution in [2.75, 3.05) is 18.0 Å². The van der Waals surface area contributed by atoms with Crippen LogP contribution < -0.4 is 16.0 Å². The molecule has 9 heteroatoms. The maximum atomic E-state index is 10.9. The Kier molecular flexibility index (Phi) is 4.28. The highest BCUT2D eigenvalue weighted by Crippen LogP contribution is 2.34. The summed E-state index contributed by atoms with van der Waals surface area (Å²) in [6.07, 6.45) is 3.11. The zero-order chi connectivity index (χ0) is 16.4. The molecule has 1 aliphatic heterocycles. The number of fused-ring (bicyclic) bond motifs is 1. The van der Waals surface area contributed by atoms with Gasteiger partial charge in [0.05, 0.1) is 15.1 Å². The van der Waals surface area contributed by atoms with Crippen molar-refractivity contribution in [2.24, 2.45) is 5.73 Å². The van der Waals surface area contributed by atoms with Crippen LogP contribution in [0, 0.1) is 10.1 Å². The number of rotatable bonds is 4. The van der Waals surface area contributed by atoms with Gasteiger partial charge in [-0.3, -0.25) is 10.1 Å². The molecule has 1 saturated heterocycles. The lowest BCUT2D eigenvalue weighted by Crippen LogP contribution is -2.47. The van der Waals surface area contributed by atoms with E-state index < -0.39 is 11.0 Å². The Morgan fingerprint density at radius 2 is 2.35 bits per heavy atom. The quantitative estimate of drug-likeness (QED) is 0.657. The molecule has 0 aliphatic carbocycles. The minimum atomic E-state index is -0.532. The van der Waals surface area contributed by atoms with Crippen LogP contribution in [-0.2, 0) is 0 Å². The van der Waals surface area contributed by atoms with Crippen molar-refractivity contribution in [1.82, 2.24) is 10.3 Å². The van der Waals surface area contributed by atoms with E-state index in [1.807, 2.05) is 0 Å². The van der Waals surface area contributed by atoms with E-state index in [-0.39, 0.29) is 11.7 Å². The number of carbonyl (C=O) groups is 1. The molecule has 0 spiro atoms. The van der Waals surface area contributed by atoms with Gasteiger partial charge in [0.1, 0.15) is 0 Å². The van der Waals surface area contributed by atoms with Gasteiger partial charge in [0.15, 0.2) is 5.13 Å². The highest BCUT2D eigenvalue weighted by molar-refractivity contribution is 7.22. The number of hydrogen-bond donors (Lipinski definition) is 2. The van der Waals surface area contributed by atoms with Crippen molar-refractivity contribution < 1.29 is 9.72 Å². The molecule has 3 N–H and O–H groups in total. The molecule has 1 aliphatic rings. The largest absolute Gasteiger partial charge is 0.352 e. The average molecular weight is 335 g/mol. The van der Waals surface area contributed by atoms with E-state index >= 15 is 0 Å². The van der Waals surface area contributed by atoms with E-state index in [1.54, 1.807) is 12.1 Å². The molecule has 1 fully saturated rings. The Bertz CT molecular complexity index is 747. The molecule has 0 saturated carbocycles. The number of amides is 2. The highest BCUT2D eigenvalue weighted by Gasteiger charge is 2.25. The Labute approximate surface area is 136 Å². The van der Waals surface area contributed by atoms with Gasteiger partial charge in [-0.15, -0.1) is 0 Å². The molecule has 1 atom stereocenters. The van der Waals surface area contributed by atoms with Crippen LogP contribution >= 0.6 is 11.3 Å². The van der Waals surface area contributed by atoms with Crippen LogP contribution in [-0.4, -0.2) is 35.1 Å². The van der Waals surface area contributed by atoms with Crippen LogP contribution in [0.3, 0.4) is 0 Å². The lowest BCUT2D eigenvalue weighted by Gasteiger charge is -2.35. The number of urea groups is 1. The fourth-order valence-corrected chi connectivity index (χ4v) is 3.92. The second-order valence-corrected chi connectivity index (χ2v) is 6.50. The van der Waals surface area contributed by atoms with Gasteiger partial charge >= 0.3 is 6.03 Å². The number of thiazole rings is 1. The van der Waals surface area contributed by atoms with Crippen LogP contribution in [0.1, 0.15) is 19.3 Å². The smallest absolute Gasteiger partial charge is 0.312 e. The van der Waals surface area contributed by atoms with Gasteiger partial charge in [-0.05, 0) is 25.3 Å². The molecule has 2 amide bonds. The fraction of sp³-hybridized carbons (Fsp3) is 0.429. The van der Waals surface area contributed by atoms with Crippen molar-refractivity contribution in [1.29, 1.82) is 0 Å². The molecular formula is C14H17N5O3S. The molecule has 0 unspecified atom stereocenters. The van der Waals surface area contributed by atoms with Crippen LogP contribution in [0.15, 0.2) is 18.2 Å². The lowest BCUT2D eigenvalue weighted by atomic mass is 10.0. The topological polar surface area (TPSA) is 114 Å².